The molecule has 0 saturated heterocycles. The van der Waals surface area contributed by atoms with Gasteiger partial charge in [0.2, 0.25) is 5.95 Å². The number of nitrogens with zero attached hydrogens (tertiary/aromatic N) is 4. The first-order chi connectivity index (χ1) is 12.3. The van der Waals surface area contributed by atoms with E-state index in [1.807, 2.05) is 22.7 Å². The number of fused-ring (bicyclic) bond motifs is 2. The topological polar surface area (TPSA) is 69.1 Å². The molecule has 0 fully saturated rings. The van der Waals surface area contributed by atoms with Crippen LogP contribution in [0, 0.1) is 0 Å². The first kappa shape index (κ1) is 14.1. The van der Waals surface area contributed by atoms with Crippen molar-refractivity contribution in [2.45, 2.75) is 0 Å². The van der Waals surface area contributed by atoms with Crippen LogP contribution >= 0.6 is 11.3 Å². The molecule has 5 rings (SSSR count). The van der Waals surface area contributed by atoms with Gasteiger partial charge in [-0.3, -0.25) is 4.40 Å². The molecule has 4 aromatic heterocycles. The van der Waals surface area contributed by atoms with Crippen molar-refractivity contribution >= 4 is 33.0 Å². The highest BCUT2D eigenvalue weighted by Gasteiger charge is 2.10. The molecule has 25 heavy (non-hydrogen) atoms. The van der Waals surface area contributed by atoms with Crippen LogP contribution in [-0.4, -0.2) is 19.4 Å². The summed E-state index contributed by atoms with van der Waals surface area (Å²) in [6.45, 7) is 0. The molecule has 0 aliphatic rings. The number of anilines is 1. The summed E-state index contributed by atoms with van der Waals surface area (Å²) >= 11 is 1.79. The van der Waals surface area contributed by atoms with Gasteiger partial charge in [0.15, 0.2) is 0 Å². The van der Waals surface area contributed by atoms with Gasteiger partial charge >= 0.3 is 0 Å². The predicted molar refractivity (Wildman–Crippen MR) is 101 cm³/mol. The Hall–Kier alpha value is -3.25. The summed E-state index contributed by atoms with van der Waals surface area (Å²) in [5.41, 5.74) is 9.40. The SMILES string of the molecule is Nc1nccc(-c2cnc3ccc(-c4cc5ccccc5s4)cn23)n1. The number of thiophene rings is 1. The van der Waals surface area contributed by atoms with Gasteiger partial charge in [0.1, 0.15) is 5.65 Å². The second-order valence-corrected chi connectivity index (χ2v) is 6.82. The fraction of sp³-hybridized carbons (Fsp3) is 0. The number of aromatic nitrogens is 4. The highest BCUT2D eigenvalue weighted by molar-refractivity contribution is 7.22. The smallest absolute Gasteiger partial charge is 0.220 e. The number of hydrogen-bond donors (Lipinski definition) is 1. The number of benzene rings is 1. The summed E-state index contributed by atoms with van der Waals surface area (Å²) in [6.07, 6.45) is 5.57. The molecule has 0 aliphatic carbocycles. The zero-order valence-corrected chi connectivity index (χ0v) is 13.9. The normalized spacial score (nSPS) is 11.4. The zero-order valence-electron chi connectivity index (χ0n) is 13.1. The molecule has 1 aromatic carbocycles. The van der Waals surface area contributed by atoms with E-state index in [2.05, 4.69) is 57.5 Å². The fourth-order valence-electron chi connectivity index (χ4n) is 2.96. The molecule has 0 atom stereocenters. The lowest BCUT2D eigenvalue weighted by molar-refractivity contribution is 1.14. The second kappa shape index (κ2) is 5.39. The maximum Gasteiger partial charge on any atom is 0.220 e. The lowest BCUT2D eigenvalue weighted by Crippen LogP contribution is -1.97. The first-order valence-electron chi connectivity index (χ1n) is 7.83. The van der Waals surface area contributed by atoms with E-state index in [1.54, 1.807) is 17.5 Å². The van der Waals surface area contributed by atoms with Crippen LogP contribution in [0.4, 0.5) is 5.95 Å². The lowest BCUT2D eigenvalue weighted by Gasteiger charge is -2.04. The van der Waals surface area contributed by atoms with Crippen molar-refractivity contribution in [3.8, 4) is 21.8 Å². The van der Waals surface area contributed by atoms with Gasteiger partial charge in [-0.05, 0) is 35.7 Å². The van der Waals surface area contributed by atoms with E-state index in [0.29, 0.717) is 0 Å². The third kappa shape index (κ3) is 2.35. The summed E-state index contributed by atoms with van der Waals surface area (Å²) in [5.74, 6) is 0.258. The van der Waals surface area contributed by atoms with E-state index in [1.165, 1.54) is 15.0 Å². The average molecular weight is 343 g/mol. The molecule has 0 bridgehead atoms. The summed E-state index contributed by atoms with van der Waals surface area (Å²) in [7, 11) is 0. The van der Waals surface area contributed by atoms with Gasteiger partial charge in [0.05, 0.1) is 17.6 Å². The number of nitrogen functional groups attached to an aromatic ring is 1. The molecule has 4 heterocycles. The number of hydrogen-bond acceptors (Lipinski definition) is 5. The Bertz CT molecular complexity index is 1190. The standard InChI is InChI=1S/C19H13N5S/c20-19-21-8-7-14(23-19)15-10-22-18-6-5-13(11-24(15)18)17-9-12-3-1-2-4-16(12)25-17/h1-11H,(H2,20,21,23). The predicted octanol–water partition coefficient (Wildman–Crippen LogP) is 4.26. The van der Waals surface area contributed by atoms with Crippen LogP contribution in [0.25, 0.3) is 37.6 Å². The summed E-state index contributed by atoms with van der Waals surface area (Å²) in [6, 6.07) is 16.6. The van der Waals surface area contributed by atoms with E-state index in [0.717, 1.165) is 22.6 Å². The maximum atomic E-state index is 5.72. The van der Waals surface area contributed by atoms with E-state index in [-0.39, 0.29) is 5.95 Å². The van der Waals surface area contributed by atoms with Crippen LogP contribution in [0.15, 0.2) is 67.1 Å². The minimum absolute atomic E-state index is 0.258. The zero-order chi connectivity index (χ0) is 16.8. The van der Waals surface area contributed by atoms with Crippen molar-refractivity contribution in [3.63, 3.8) is 0 Å². The van der Waals surface area contributed by atoms with Crippen LogP contribution in [0.5, 0.6) is 0 Å². The third-order valence-electron chi connectivity index (χ3n) is 4.15. The highest BCUT2D eigenvalue weighted by Crippen LogP contribution is 2.34. The number of pyridine rings is 1. The lowest BCUT2D eigenvalue weighted by atomic mass is 10.2. The van der Waals surface area contributed by atoms with Gasteiger partial charge in [-0.25, -0.2) is 15.0 Å². The molecule has 2 N–H and O–H groups in total. The van der Waals surface area contributed by atoms with Gasteiger partial charge in [0, 0.05) is 27.5 Å². The van der Waals surface area contributed by atoms with Crippen LogP contribution in [-0.2, 0) is 0 Å². The first-order valence-corrected chi connectivity index (χ1v) is 8.64. The third-order valence-corrected chi connectivity index (χ3v) is 5.32. The number of imidazole rings is 1. The van der Waals surface area contributed by atoms with Crippen LogP contribution in [0.3, 0.4) is 0 Å². The molecule has 0 radical (unpaired) electrons. The quantitative estimate of drug-likeness (QED) is 0.520. The van der Waals surface area contributed by atoms with Gasteiger partial charge in [-0.2, -0.15) is 0 Å². The Morgan fingerprint density at radius 1 is 1.00 bits per heavy atom. The fourth-order valence-corrected chi connectivity index (χ4v) is 4.01. The van der Waals surface area contributed by atoms with Gasteiger partial charge < -0.3 is 5.73 Å². The van der Waals surface area contributed by atoms with Crippen LogP contribution in [0.1, 0.15) is 0 Å². The Labute approximate surface area is 147 Å². The maximum absolute atomic E-state index is 5.72. The van der Waals surface area contributed by atoms with Crippen LogP contribution < -0.4 is 5.73 Å². The molecule has 0 aliphatic heterocycles. The monoisotopic (exact) mass is 343 g/mol. The Morgan fingerprint density at radius 3 is 2.80 bits per heavy atom. The molecular weight excluding hydrogens is 330 g/mol. The van der Waals surface area contributed by atoms with Gasteiger partial charge in [0.25, 0.3) is 0 Å². The Kier molecular flexibility index (Phi) is 3.05. The molecule has 5 nitrogen and oxygen atoms in total. The average Bonchev–Trinajstić information content (AvgIpc) is 3.25. The van der Waals surface area contributed by atoms with Crippen molar-refractivity contribution in [2.24, 2.45) is 0 Å². The molecule has 6 heteroatoms. The summed E-state index contributed by atoms with van der Waals surface area (Å²) in [5, 5.41) is 1.26. The molecule has 120 valence electrons. The van der Waals surface area contributed by atoms with E-state index in [4.69, 9.17) is 5.73 Å². The summed E-state index contributed by atoms with van der Waals surface area (Å²) in [4.78, 5) is 14.0. The molecule has 0 spiro atoms. The summed E-state index contributed by atoms with van der Waals surface area (Å²) < 4.78 is 3.33. The van der Waals surface area contributed by atoms with Crippen molar-refractivity contribution in [2.75, 3.05) is 5.73 Å². The van der Waals surface area contributed by atoms with Gasteiger partial charge in [-0.1, -0.05) is 18.2 Å². The van der Waals surface area contributed by atoms with E-state index < -0.39 is 0 Å². The largest absolute Gasteiger partial charge is 0.368 e. The molecule has 0 amide bonds. The minimum atomic E-state index is 0.258. The van der Waals surface area contributed by atoms with Crippen molar-refractivity contribution < 1.29 is 0 Å². The molecular formula is C19H13N5S. The van der Waals surface area contributed by atoms with E-state index in [9.17, 15) is 0 Å². The van der Waals surface area contributed by atoms with Gasteiger partial charge in [-0.15, -0.1) is 11.3 Å². The molecule has 5 aromatic rings. The number of rotatable bonds is 2. The highest BCUT2D eigenvalue weighted by atomic mass is 32.1. The minimum Gasteiger partial charge on any atom is -0.368 e. The van der Waals surface area contributed by atoms with Crippen molar-refractivity contribution in [1.82, 2.24) is 19.4 Å². The van der Waals surface area contributed by atoms with Crippen molar-refractivity contribution in [1.29, 1.82) is 0 Å². The Balaban J connectivity index is 1.69. The second-order valence-electron chi connectivity index (χ2n) is 5.74. The van der Waals surface area contributed by atoms with Crippen molar-refractivity contribution in [3.05, 3.63) is 67.1 Å². The Morgan fingerprint density at radius 2 is 1.92 bits per heavy atom. The number of nitrogens with two attached hydrogens (primary N) is 1. The molecule has 0 saturated carbocycles. The van der Waals surface area contributed by atoms with E-state index >= 15 is 0 Å². The molecule has 0 unspecified atom stereocenters. The van der Waals surface area contributed by atoms with Crippen LogP contribution in [0.2, 0.25) is 0 Å².